The molecule has 0 aliphatic heterocycles. The normalized spacial score (nSPS) is 11.6. The number of carbonyl (C=O) groups excluding carboxylic acids is 1. The van der Waals surface area contributed by atoms with Crippen molar-refractivity contribution in [1.29, 1.82) is 0 Å². The Hall–Kier alpha value is -4.01. The number of aromatic hydroxyl groups is 1. The smallest absolute Gasteiger partial charge is 0.319 e. The zero-order valence-corrected chi connectivity index (χ0v) is 15.5. The van der Waals surface area contributed by atoms with E-state index in [-0.39, 0.29) is 17.9 Å². The van der Waals surface area contributed by atoms with E-state index in [4.69, 9.17) is 0 Å². The first kappa shape index (κ1) is 19.7. The van der Waals surface area contributed by atoms with Crippen LogP contribution in [0, 0.1) is 0 Å². The van der Waals surface area contributed by atoms with Gasteiger partial charge in [0.15, 0.2) is 5.69 Å². The lowest BCUT2D eigenvalue weighted by molar-refractivity contribution is -0.137. The first-order chi connectivity index (χ1) is 13.8. The first-order valence-corrected chi connectivity index (χ1v) is 8.76. The number of hydrogen-bond acceptors (Lipinski definition) is 4. The fourth-order valence-corrected chi connectivity index (χ4v) is 2.91. The molecule has 0 aliphatic carbocycles. The van der Waals surface area contributed by atoms with Crippen molar-refractivity contribution in [3.05, 3.63) is 70.9 Å². The molecule has 9 heteroatoms. The number of aromatic amines is 1. The van der Waals surface area contributed by atoms with Crippen LogP contribution >= 0.6 is 0 Å². The van der Waals surface area contributed by atoms with Crippen LogP contribution in [0.4, 0.5) is 10.5 Å². The SMILES string of the molecule is Cn1ccc(O)c(NC(=O)N[C@@H](CC(=O)O)c2cccc(-c3cc[nH]c3)c2)c1=O. The number of aromatic nitrogens is 2. The lowest BCUT2D eigenvalue weighted by Gasteiger charge is -2.19. The summed E-state index contributed by atoms with van der Waals surface area (Å²) < 4.78 is 1.20. The van der Waals surface area contributed by atoms with Crippen molar-refractivity contribution >= 4 is 17.7 Å². The van der Waals surface area contributed by atoms with E-state index < -0.39 is 23.6 Å². The number of amides is 2. The van der Waals surface area contributed by atoms with Crippen LogP contribution in [-0.4, -0.2) is 31.8 Å². The topological polar surface area (TPSA) is 136 Å². The van der Waals surface area contributed by atoms with E-state index in [9.17, 15) is 24.6 Å². The molecule has 1 aromatic carbocycles. The van der Waals surface area contributed by atoms with Gasteiger partial charge in [0, 0.05) is 25.6 Å². The summed E-state index contributed by atoms with van der Waals surface area (Å²) in [4.78, 5) is 38.8. The average Bonchev–Trinajstić information content (AvgIpc) is 3.22. The lowest BCUT2D eigenvalue weighted by atomic mass is 9.99. The van der Waals surface area contributed by atoms with Gasteiger partial charge in [-0.25, -0.2) is 4.79 Å². The minimum atomic E-state index is -1.10. The van der Waals surface area contributed by atoms with Crippen LogP contribution in [0.3, 0.4) is 0 Å². The van der Waals surface area contributed by atoms with Crippen molar-refractivity contribution in [2.75, 3.05) is 5.32 Å². The third kappa shape index (κ3) is 4.64. The molecule has 3 aromatic rings. The van der Waals surface area contributed by atoms with Crippen molar-refractivity contribution in [1.82, 2.24) is 14.9 Å². The van der Waals surface area contributed by atoms with Gasteiger partial charge in [0.25, 0.3) is 5.56 Å². The second-order valence-corrected chi connectivity index (χ2v) is 6.47. The van der Waals surface area contributed by atoms with Crippen LogP contribution in [0.15, 0.2) is 59.8 Å². The van der Waals surface area contributed by atoms with Crippen molar-refractivity contribution in [2.24, 2.45) is 7.05 Å². The number of pyridine rings is 1. The van der Waals surface area contributed by atoms with Gasteiger partial charge in [0.1, 0.15) is 5.75 Å². The first-order valence-electron chi connectivity index (χ1n) is 8.76. The van der Waals surface area contributed by atoms with Gasteiger partial charge in [-0.05, 0) is 34.9 Å². The molecule has 2 amide bonds. The Morgan fingerprint density at radius 3 is 2.69 bits per heavy atom. The van der Waals surface area contributed by atoms with Crippen LogP contribution in [0.25, 0.3) is 11.1 Å². The number of aliphatic carboxylic acids is 1. The molecule has 0 spiro atoms. The van der Waals surface area contributed by atoms with Gasteiger partial charge in [-0.3, -0.25) is 9.59 Å². The Balaban J connectivity index is 1.84. The quantitative estimate of drug-likeness (QED) is 0.436. The number of hydrogen-bond donors (Lipinski definition) is 5. The number of aryl methyl sites for hydroxylation is 1. The minimum absolute atomic E-state index is 0.289. The predicted molar refractivity (Wildman–Crippen MR) is 107 cm³/mol. The number of rotatable bonds is 6. The molecule has 0 unspecified atom stereocenters. The van der Waals surface area contributed by atoms with Gasteiger partial charge < -0.3 is 30.4 Å². The second kappa shape index (κ2) is 8.34. The van der Waals surface area contributed by atoms with E-state index in [1.807, 2.05) is 12.1 Å². The maximum atomic E-state index is 12.4. The number of benzene rings is 1. The molecule has 1 atom stereocenters. The van der Waals surface area contributed by atoms with Crippen molar-refractivity contribution in [2.45, 2.75) is 12.5 Å². The molecule has 3 rings (SSSR count). The summed E-state index contributed by atoms with van der Waals surface area (Å²) >= 11 is 0. The van der Waals surface area contributed by atoms with Gasteiger partial charge >= 0.3 is 12.0 Å². The van der Waals surface area contributed by atoms with Crippen molar-refractivity contribution < 1.29 is 19.8 Å². The molecule has 0 radical (unpaired) electrons. The summed E-state index contributed by atoms with van der Waals surface area (Å²) in [5.74, 6) is -1.48. The lowest BCUT2D eigenvalue weighted by Crippen LogP contribution is -2.35. The Morgan fingerprint density at radius 1 is 1.21 bits per heavy atom. The fourth-order valence-electron chi connectivity index (χ4n) is 2.91. The highest BCUT2D eigenvalue weighted by atomic mass is 16.4. The largest absolute Gasteiger partial charge is 0.505 e. The number of carbonyl (C=O) groups is 2. The summed E-state index contributed by atoms with van der Waals surface area (Å²) in [7, 11) is 1.48. The molecule has 5 N–H and O–H groups in total. The molecule has 2 heterocycles. The van der Waals surface area contributed by atoms with E-state index in [1.54, 1.807) is 30.6 Å². The molecular formula is C20H20N4O5. The predicted octanol–water partition coefficient (Wildman–Crippen LogP) is 2.42. The maximum absolute atomic E-state index is 12.4. The number of H-pyrrole nitrogens is 1. The monoisotopic (exact) mass is 396 g/mol. The van der Waals surface area contributed by atoms with Gasteiger partial charge in [0.05, 0.1) is 12.5 Å². The Morgan fingerprint density at radius 2 is 2.00 bits per heavy atom. The summed E-state index contributed by atoms with van der Waals surface area (Å²) in [5.41, 5.74) is 1.48. The number of nitrogens with zero attached hydrogens (tertiary/aromatic N) is 1. The molecule has 0 fully saturated rings. The molecule has 0 aliphatic rings. The van der Waals surface area contributed by atoms with Gasteiger partial charge in [-0.2, -0.15) is 0 Å². The van der Waals surface area contributed by atoms with E-state index in [0.29, 0.717) is 5.56 Å². The molecule has 2 aromatic heterocycles. The molecular weight excluding hydrogens is 376 g/mol. The van der Waals surface area contributed by atoms with Crippen LogP contribution in [0.1, 0.15) is 18.0 Å². The average molecular weight is 396 g/mol. The number of carboxylic acid groups (broad SMARTS) is 1. The van der Waals surface area contributed by atoms with Crippen molar-refractivity contribution in [3.8, 4) is 16.9 Å². The number of anilines is 1. The van der Waals surface area contributed by atoms with Crippen LogP contribution in [0.5, 0.6) is 5.75 Å². The third-order valence-electron chi connectivity index (χ3n) is 4.39. The Labute approximate surface area is 165 Å². The van der Waals surface area contributed by atoms with E-state index in [2.05, 4.69) is 15.6 Å². The van der Waals surface area contributed by atoms with Crippen LogP contribution < -0.4 is 16.2 Å². The summed E-state index contributed by atoms with van der Waals surface area (Å²) in [6.45, 7) is 0. The number of nitrogens with one attached hydrogen (secondary N) is 3. The van der Waals surface area contributed by atoms with E-state index in [0.717, 1.165) is 11.1 Å². The highest BCUT2D eigenvalue weighted by molar-refractivity contribution is 5.91. The molecule has 0 saturated carbocycles. The highest BCUT2D eigenvalue weighted by Crippen LogP contribution is 2.25. The maximum Gasteiger partial charge on any atom is 0.319 e. The molecule has 0 bridgehead atoms. The zero-order chi connectivity index (χ0) is 21.0. The molecule has 29 heavy (non-hydrogen) atoms. The number of carboxylic acids is 1. The minimum Gasteiger partial charge on any atom is -0.505 e. The molecule has 0 saturated heterocycles. The van der Waals surface area contributed by atoms with E-state index >= 15 is 0 Å². The fraction of sp³-hybridized carbons (Fsp3) is 0.150. The molecule has 150 valence electrons. The molecule has 9 nitrogen and oxygen atoms in total. The van der Waals surface area contributed by atoms with Gasteiger partial charge in [-0.1, -0.05) is 18.2 Å². The van der Waals surface area contributed by atoms with E-state index in [1.165, 1.54) is 23.9 Å². The van der Waals surface area contributed by atoms with Crippen molar-refractivity contribution in [3.63, 3.8) is 0 Å². The third-order valence-corrected chi connectivity index (χ3v) is 4.39. The Bertz CT molecular complexity index is 1090. The highest BCUT2D eigenvalue weighted by Gasteiger charge is 2.20. The van der Waals surface area contributed by atoms with Gasteiger partial charge in [-0.15, -0.1) is 0 Å². The second-order valence-electron chi connectivity index (χ2n) is 6.47. The van der Waals surface area contributed by atoms with Gasteiger partial charge in [0.2, 0.25) is 0 Å². The zero-order valence-electron chi connectivity index (χ0n) is 15.5. The van der Waals surface area contributed by atoms with Crippen LogP contribution in [-0.2, 0) is 11.8 Å². The standard InChI is InChI=1S/C20H20N4O5/c1-24-8-6-16(25)18(19(24)28)23-20(29)22-15(10-17(26)27)13-4-2-3-12(9-13)14-5-7-21-11-14/h2-9,11,15,21,25H,10H2,1H3,(H,26,27)(H2,22,23,29)/t15-/m0/s1. The summed E-state index contributed by atoms with van der Waals surface area (Å²) in [6.07, 6.45) is 4.58. The van der Waals surface area contributed by atoms with Crippen LogP contribution in [0.2, 0.25) is 0 Å². The summed E-state index contributed by atoms with van der Waals surface area (Å²) in [5, 5.41) is 24.0. The summed E-state index contributed by atoms with van der Waals surface area (Å²) in [6, 6.07) is 8.63. The number of urea groups is 1. The Kier molecular flexibility index (Phi) is 5.68.